The van der Waals surface area contributed by atoms with Gasteiger partial charge in [0.05, 0.1) is 17.7 Å². The first-order chi connectivity index (χ1) is 13.6. The van der Waals surface area contributed by atoms with E-state index >= 15 is 0 Å². The van der Waals surface area contributed by atoms with E-state index in [4.69, 9.17) is 16.7 Å². The molecular formula is C22H25ClN4O. The normalized spacial score (nSPS) is 22.8. The third kappa shape index (κ3) is 3.91. The van der Waals surface area contributed by atoms with Crippen LogP contribution < -0.4 is 5.43 Å². The van der Waals surface area contributed by atoms with Crippen molar-refractivity contribution in [2.45, 2.75) is 38.1 Å². The molecule has 1 N–H and O–H groups in total. The van der Waals surface area contributed by atoms with Crippen LogP contribution in [0.2, 0.25) is 5.02 Å². The van der Waals surface area contributed by atoms with Gasteiger partial charge in [0.25, 0.3) is 0 Å². The van der Waals surface area contributed by atoms with Crippen LogP contribution in [0.15, 0.2) is 59.7 Å². The zero-order valence-electron chi connectivity index (χ0n) is 16.0. The summed E-state index contributed by atoms with van der Waals surface area (Å²) in [4.78, 5) is 13.0. The summed E-state index contributed by atoms with van der Waals surface area (Å²) < 4.78 is 0. The monoisotopic (exact) mass is 396 g/mol. The maximum absolute atomic E-state index is 13.0. The van der Waals surface area contributed by atoms with Gasteiger partial charge in [0.15, 0.2) is 0 Å². The quantitative estimate of drug-likeness (QED) is 0.821. The molecular weight excluding hydrogens is 372 g/mol. The second-order valence-corrected chi connectivity index (χ2v) is 7.87. The summed E-state index contributed by atoms with van der Waals surface area (Å²) in [7, 11) is 0. The molecule has 0 radical (unpaired) electrons. The Balaban J connectivity index is 1.63. The molecule has 2 aliphatic heterocycles. The third-order valence-corrected chi connectivity index (χ3v) is 5.75. The Morgan fingerprint density at radius 1 is 1.04 bits per heavy atom. The number of rotatable bonds is 3. The van der Waals surface area contributed by atoms with Crippen LogP contribution in [-0.2, 0) is 0 Å². The van der Waals surface area contributed by atoms with Gasteiger partial charge in [0.2, 0.25) is 0 Å². The maximum Gasteiger partial charge on any atom is 0.352 e. The highest BCUT2D eigenvalue weighted by atomic mass is 35.5. The first-order valence-electron chi connectivity index (χ1n) is 9.87. The van der Waals surface area contributed by atoms with E-state index in [2.05, 4.69) is 24.5 Å². The van der Waals surface area contributed by atoms with Gasteiger partial charge < -0.3 is 0 Å². The molecule has 2 aliphatic rings. The van der Waals surface area contributed by atoms with E-state index in [9.17, 15) is 4.79 Å². The standard InChI is InChI=1S/C22H25ClN4O/c1-16-20(17-8-4-2-5-9-17)21(18-10-12-19(23)13-11-18)24-27(16)22(28)25-26-14-6-3-7-15-26/h2,4-5,8-13,16,20H,3,6-7,14-15H2,1H3,(H,25,28)/t16-,20+/m0/s1. The molecule has 5 nitrogen and oxygen atoms in total. The summed E-state index contributed by atoms with van der Waals surface area (Å²) in [6.45, 7) is 3.84. The van der Waals surface area contributed by atoms with Crippen molar-refractivity contribution in [3.8, 4) is 0 Å². The predicted molar refractivity (Wildman–Crippen MR) is 112 cm³/mol. The first kappa shape index (κ1) is 19.0. The van der Waals surface area contributed by atoms with Gasteiger partial charge in [-0.3, -0.25) is 5.43 Å². The van der Waals surface area contributed by atoms with Crippen molar-refractivity contribution in [2.75, 3.05) is 13.1 Å². The number of piperidine rings is 1. The highest BCUT2D eigenvalue weighted by Gasteiger charge is 2.39. The van der Waals surface area contributed by atoms with Crippen LogP contribution >= 0.6 is 11.6 Å². The lowest BCUT2D eigenvalue weighted by Crippen LogP contribution is -2.50. The molecule has 0 saturated carbocycles. The number of carbonyl (C=O) groups is 1. The number of hydrogen-bond donors (Lipinski definition) is 1. The summed E-state index contributed by atoms with van der Waals surface area (Å²) in [5, 5.41) is 9.05. The zero-order chi connectivity index (χ0) is 19.5. The van der Waals surface area contributed by atoms with Gasteiger partial charge in [0, 0.05) is 18.1 Å². The molecule has 0 aromatic heterocycles. The smallest absolute Gasteiger partial charge is 0.269 e. The summed E-state index contributed by atoms with van der Waals surface area (Å²) in [5.41, 5.74) is 6.06. The van der Waals surface area contributed by atoms with Gasteiger partial charge in [-0.1, -0.05) is 60.5 Å². The Morgan fingerprint density at radius 3 is 2.39 bits per heavy atom. The Labute approximate surface area is 170 Å². The number of nitrogens with one attached hydrogen (secondary N) is 1. The second-order valence-electron chi connectivity index (χ2n) is 7.43. The van der Waals surface area contributed by atoms with Crippen molar-refractivity contribution in [3.05, 3.63) is 70.7 Å². The summed E-state index contributed by atoms with van der Waals surface area (Å²) in [6, 6.07) is 17.7. The van der Waals surface area contributed by atoms with E-state index in [1.807, 2.05) is 47.5 Å². The first-order valence-corrected chi connectivity index (χ1v) is 10.3. The second kappa shape index (κ2) is 8.33. The number of hydrazone groups is 1. The van der Waals surface area contributed by atoms with Crippen molar-refractivity contribution in [3.63, 3.8) is 0 Å². The molecule has 146 valence electrons. The van der Waals surface area contributed by atoms with Crippen molar-refractivity contribution in [1.82, 2.24) is 15.4 Å². The minimum absolute atomic E-state index is 0.00878. The van der Waals surface area contributed by atoms with Crippen LogP contribution in [0.5, 0.6) is 0 Å². The van der Waals surface area contributed by atoms with E-state index in [-0.39, 0.29) is 18.0 Å². The van der Waals surface area contributed by atoms with E-state index in [0.29, 0.717) is 5.02 Å². The van der Waals surface area contributed by atoms with E-state index in [1.165, 1.54) is 6.42 Å². The van der Waals surface area contributed by atoms with Crippen LogP contribution in [0.25, 0.3) is 0 Å². The lowest BCUT2D eigenvalue weighted by molar-refractivity contribution is 0.124. The maximum atomic E-state index is 13.0. The lowest BCUT2D eigenvalue weighted by atomic mass is 9.86. The van der Waals surface area contributed by atoms with Crippen molar-refractivity contribution in [1.29, 1.82) is 0 Å². The van der Waals surface area contributed by atoms with Gasteiger partial charge in [-0.05, 0) is 43.0 Å². The largest absolute Gasteiger partial charge is 0.352 e. The van der Waals surface area contributed by atoms with E-state index in [0.717, 1.165) is 42.8 Å². The highest BCUT2D eigenvalue weighted by molar-refractivity contribution is 6.30. The number of halogens is 1. The molecule has 0 unspecified atom stereocenters. The van der Waals surface area contributed by atoms with Gasteiger partial charge >= 0.3 is 6.03 Å². The molecule has 6 heteroatoms. The third-order valence-electron chi connectivity index (χ3n) is 5.49. The number of benzene rings is 2. The Bertz CT molecular complexity index is 847. The molecule has 4 rings (SSSR count). The van der Waals surface area contributed by atoms with Crippen molar-refractivity contribution < 1.29 is 4.79 Å². The van der Waals surface area contributed by atoms with Gasteiger partial charge in [0.1, 0.15) is 0 Å². The van der Waals surface area contributed by atoms with Crippen LogP contribution in [0, 0.1) is 0 Å². The van der Waals surface area contributed by atoms with E-state index in [1.54, 1.807) is 5.01 Å². The van der Waals surface area contributed by atoms with Crippen molar-refractivity contribution >= 4 is 23.3 Å². The Hall–Kier alpha value is -2.37. The fraction of sp³-hybridized carbons (Fsp3) is 0.364. The van der Waals surface area contributed by atoms with Crippen LogP contribution in [0.1, 0.15) is 43.2 Å². The van der Waals surface area contributed by atoms with Gasteiger partial charge in [-0.2, -0.15) is 5.10 Å². The molecule has 0 bridgehead atoms. The fourth-order valence-electron chi connectivity index (χ4n) is 4.02. The molecule has 1 fully saturated rings. The summed E-state index contributed by atoms with van der Waals surface area (Å²) in [5.74, 6) is 0.00878. The average Bonchev–Trinajstić information content (AvgIpc) is 3.07. The fourth-order valence-corrected chi connectivity index (χ4v) is 4.14. The predicted octanol–water partition coefficient (Wildman–Crippen LogP) is 4.64. The topological polar surface area (TPSA) is 47.9 Å². The van der Waals surface area contributed by atoms with Crippen LogP contribution in [0.4, 0.5) is 4.79 Å². The summed E-state index contributed by atoms with van der Waals surface area (Å²) >= 11 is 6.07. The average molecular weight is 397 g/mol. The molecule has 2 atom stereocenters. The zero-order valence-corrected chi connectivity index (χ0v) is 16.8. The molecule has 2 aromatic carbocycles. The number of urea groups is 1. The SMILES string of the molecule is C[C@H]1[C@H](c2ccccc2)C(c2ccc(Cl)cc2)=NN1C(=O)NN1CCCCC1. The number of carbonyl (C=O) groups excluding carboxylic acids is 1. The van der Waals surface area contributed by atoms with Crippen LogP contribution in [-0.4, -0.2) is 40.9 Å². The molecule has 0 spiro atoms. The Kier molecular flexibility index (Phi) is 5.64. The molecule has 2 aromatic rings. The number of nitrogens with zero attached hydrogens (tertiary/aromatic N) is 3. The van der Waals surface area contributed by atoms with Crippen molar-refractivity contribution in [2.24, 2.45) is 5.10 Å². The number of amides is 2. The molecule has 0 aliphatic carbocycles. The minimum Gasteiger partial charge on any atom is -0.269 e. The Morgan fingerprint density at radius 2 is 1.71 bits per heavy atom. The molecule has 1 saturated heterocycles. The summed E-state index contributed by atoms with van der Waals surface area (Å²) in [6.07, 6.45) is 3.45. The highest BCUT2D eigenvalue weighted by Crippen LogP contribution is 2.34. The number of hydrogen-bond acceptors (Lipinski definition) is 3. The lowest BCUT2D eigenvalue weighted by Gasteiger charge is -2.30. The molecule has 2 heterocycles. The van der Waals surface area contributed by atoms with Gasteiger partial charge in [-0.15, -0.1) is 0 Å². The number of hydrazine groups is 1. The van der Waals surface area contributed by atoms with Gasteiger partial charge in [-0.25, -0.2) is 14.8 Å². The minimum atomic E-state index is -0.167. The van der Waals surface area contributed by atoms with E-state index < -0.39 is 0 Å². The molecule has 2 amide bonds. The molecule has 28 heavy (non-hydrogen) atoms. The van der Waals surface area contributed by atoms with Crippen LogP contribution in [0.3, 0.4) is 0 Å².